The Bertz CT molecular complexity index is 1610. The summed E-state index contributed by atoms with van der Waals surface area (Å²) in [5.74, 6) is -2.33. The molecule has 0 aliphatic carbocycles. The van der Waals surface area contributed by atoms with Crippen molar-refractivity contribution in [2.45, 2.75) is 51.3 Å². The number of hydrogen-bond donors (Lipinski definition) is 1. The summed E-state index contributed by atoms with van der Waals surface area (Å²) in [4.78, 5) is 8.25. The van der Waals surface area contributed by atoms with E-state index in [-0.39, 0.29) is 49.1 Å². The Balaban J connectivity index is 1.89. The molecule has 40 heavy (non-hydrogen) atoms. The van der Waals surface area contributed by atoms with Crippen LogP contribution < -0.4 is 4.74 Å². The highest BCUT2D eigenvalue weighted by atomic mass is 32.2. The summed E-state index contributed by atoms with van der Waals surface area (Å²) in [5, 5.41) is 17.7. The summed E-state index contributed by atoms with van der Waals surface area (Å²) < 4.78 is 71.5. The van der Waals surface area contributed by atoms with Gasteiger partial charge < -0.3 is 14.6 Å². The van der Waals surface area contributed by atoms with Crippen LogP contribution in [0.3, 0.4) is 0 Å². The largest absolute Gasteiger partial charge is 0.485 e. The van der Waals surface area contributed by atoms with Crippen molar-refractivity contribution in [1.82, 2.24) is 33.7 Å². The topological polar surface area (TPSA) is 137 Å². The number of aromatic nitrogens is 6. The van der Waals surface area contributed by atoms with E-state index in [2.05, 4.69) is 20.2 Å². The number of aliphatic hydroxyl groups excluding tert-OH is 1. The van der Waals surface area contributed by atoms with E-state index in [4.69, 9.17) is 14.6 Å². The van der Waals surface area contributed by atoms with Gasteiger partial charge in [0.05, 0.1) is 22.8 Å². The fourth-order valence-electron chi connectivity index (χ4n) is 4.02. The van der Waals surface area contributed by atoms with Gasteiger partial charge in [-0.2, -0.15) is 9.61 Å². The number of rotatable bonds is 12. The second-order valence-electron chi connectivity index (χ2n) is 9.22. The Labute approximate surface area is 230 Å². The van der Waals surface area contributed by atoms with E-state index in [1.165, 1.54) is 17.9 Å². The number of sulfonamides is 1. The van der Waals surface area contributed by atoms with Crippen LogP contribution in [0.2, 0.25) is 0 Å². The van der Waals surface area contributed by atoms with Gasteiger partial charge >= 0.3 is 0 Å². The van der Waals surface area contributed by atoms with Crippen molar-refractivity contribution in [3.63, 3.8) is 0 Å². The Hall–Kier alpha value is -3.53. The normalized spacial score (nSPS) is 13.1. The van der Waals surface area contributed by atoms with E-state index in [1.54, 1.807) is 30.9 Å². The minimum atomic E-state index is -4.38. The molecule has 4 aromatic rings. The van der Waals surface area contributed by atoms with Gasteiger partial charge in [-0.25, -0.2) is 36.2 Å². The van der Waals surface area contributed by atoms with Crippen LogP contribution in [0.4, 0.5) is 8.78 Å². The van der Waals surface area contributed by atoms with Crippen LogP contribution in [0, 0.1) is 11.6 Å². The first-order chi connectivity index (χ1) is 19.0. The number of nitrogens with zero attached hydrogens (tertiary/aromatic N) is 7. The Morgan fingerprint density at radius 2 is 1.95 bits per heavy atom. The van der Waals surface area contributed by atoms with E-state index in [0.717, 1.165) is 10.4 Å². The first kappa shape index (κ1) is 29.5. The Morgan fingerprint density at radius 3 is 2.62 bits per heavy atom. The zero-order chi connectivity index (χ0) is 29.2. The van der Waals surface area contributed by atoms with Gasteiger partial charge in [-0.05, 0) is 40.2 Å². The van der Waals surface area contributed by atoms with E-state index in [1.807, 2.05) is 13.8 Å². The van der Waals surface area contributed by atoms with E-state index >= 15 is 4.39 Å². The second kappa shape index (κ2) is 11.9. The molecular weight excluding hydrogens is 548 g/mol. The summed E-state index contributed by atoms with van der Waals surface area (Å²) in [7, 11) is -3.12. The smallest absolute Gasteiger partial charge is 0.243 e. The summed E-state index contributed by atoms with van der Waals surface area (Å²) in [5.41, 5.74) is 0.610. The lowest BCUT2D eigenvalue weighted by atomic mass is 10.2. The third-order valence-electron chi connectivity index (χ3n) is 5.92. The van der Waals surface area contributed by atoms with Gasteiger partial charge in [0.1, 0.15) is 29.9 Å². The quantitative estimate of drug-likeness (QED) is 0.268. The molecular formula is C25H31F2N7O5S. The van der Waals surface area contributed by atoms with Gasteiger partial charge in [0, 0.05) is 44.6 Å². The number of ether oxygens (including phenoxy) is 2. The van der Waals surface area contributed by atoms with Crippen LogP contribution >= 0.6 is 0 Å². The second-order valence-corrected chi connectivity index (χ2v) is 11.2. The number of aliphatic hydroxyl groups is 1. The van der Waals surface area contributed by atoms with Gasteiger partial charge in [-0.3, -0.25) is 0 Å². The molecule has 1 unspecified atom stereocenters. The lowest BCUT2D eigenvalue weighted by molar-refractivity contribution is 0.0160. The van der Waals surface area contributed by atoms with Crippen LogP contribution in [0.5, 0.6) is 5.75 Å². The third kappa shape index (κ3) is 5.82. The van der Waals surface area contributed by atoms with Crippen LogP contribution in [0.25, 0.3) is 28.3 Å². The lowest BCUT2D eigenvalue weighted by Gasteiger charge is -2.18. The van der Waals surface area contributed by atoms with Crippen LogP contribution in [0.15, 0.2) is 35.7 Å². The van der Waals surface area contributed by atoms with Gasteiger partial charge in [0.2, 0.25) is 15.7 Å². The van der Waals surface area contributed by atoms with Crippen molar-refractivity contribution in [1.29, 1.82) is 0 Å². The van der Waals surface area contributed by atoms with Crippen molar-refractivity contribution >= 4 is 15.7 Å². The number of benzene rings is 1. The van der Waals surface area contributed by atoms with Gasteiger partial charge in [0.25, 0.3) is 0 Å². The molecule has 1 N–H and O–H groups in total. The molecule has 0 amide bonds. The fraction of sp³-hybridized carbons (Fsp3) is 0.440. The highest BCUT2D eigenvalue weighted by Crippen LogP contribution is 2.36. The molecule has 1 aromatic carbocycles. The molecule has 0 bridgehead atoms. The van der Waals surface area contributed by atoms with Crippen molar-refractivity contribution in [2.75, 3.05) is 26.8 Å². The average molecular weight is 580 g/mol. The molecule has 15 heteroatoms. The SMILES string of the molecule is CCOC(C)n1cc(-c2ncn3nc(-c4c(F)cc(F)cc4S(=O)(=O)N(C)CCCO)nc3c2OC(C)C)cn1. The van der Waals surface area contributed by atoms with Crippen molar-refractivity contribution < 1.29 is 31.8 Å². The molecule has 12 nitrogen and oxygen atoms in total. The summed E-state index contributed by atoms with van der Waals surface area (Å²) >= 11 is 0. The predicted octanol–water partition coefficient (Wildman–Crippen LogP) is 3.28. The molecule has 0 aliphatic rings. The molecule has 4 rings (SSSR count). The first-order valence-electron chi connectivity index (χ1n) is 12.6. The molecule has 0 radical (unpaired) electrons. The lowest BCUT2D eigenvalue weighted by Crippen LogP contribution is -2.29. The Morgan fingerprint density at radius 1 is 1.20 bits per heavy atom. The van der Waals surface area contributed by atoms with Crippen molar-refractivity contribution in [2.24, 2.45) is 0 Å². The molecule has 0 spiro atoms. The highest BCUT2D eigenvalue weighted by Gasteiger charge is 2.30. The molecule has 0 saturated carbocycles. The fourth-order valence-corrected chi connectivity index (χ4v) is 5.43. The predicted molar refractivity (Wildman–Crippen MR) is 141 cm³/mol. The van der Waals surface area contributed by atoms with E-state index in [9.17, 15) is 12.8 Å². The summed E-state index contributed by atoms with van der Waals surface area (Å²) in [6, 6.07) is 1.29. The molecule has 0 fully saturated rings. The molecule has 3 aromatic heterocycles. The van der Waals surface area contributed by atoms with Gasteiger partial charge in [-0.1, -0.05) is 0 Å². The van der Waals surface area contributed by atoms with Crippen LogP contribution in [0.1, 0.15) is 40.3 Å². The van der Waals surface area contributed by atoms with Gasteiger partial charge in [0.15, 0.2) is 11.6 Å². The van der Waals surface area contributed by atoms with Crippen molar-refractivity contribution in [3.8, 4) is 28.4 Å². The van der Waals surface area contributed by atoms with Crippen LogP contribution in [-0.2, 0) is 14.8 Å². The monoisotopic (exact) mass is 579 g/mol. The molecule has 0 aliphatic heterocycles. The highest BCUT2D eigenvalue weighted by molar-refractivity contribution is 7.89. The minimum absolute atomic E-state index is 0.0652. The summed E-state index contributed by atoms with van der Waals surface area (Å²) in [6.45, 7) is 7.51. The minimum Gasteiger partial charge on any atom is -0.485 e. The number of halogens is 2. The maximum absolute atomic E-state index is 15.2. The molecule has 1 atom stereocenters. The Kier molecular flexibility index (Phi) is 8.77. The first-order valence-corrected chi connectivity index (χ1v) is 14.1. The zero-order valence-corrected chi connectivity index (χ0v) is 23.6. The maximum Gasteiger partial charge on any atom is 0.243 e. The third-order valence-corrected chi connectivity index (χ3v) is 7.80. The maximum atomic E-state index is 15.2. The molecule has 0 saturated heterocycles. The van der Waals surface area contributed by atoms with Gasteiger partial charge in [-0.15, -0.1) is 5.10 Å². The zero-order valence-electron chi connectivity index (χ0n) is 22.7. The average Bonchev–Trinajstić information content (AvgIpc) is 3.54. The van der Waals surface area contributed by atoms with Crippen molar-refractivity contribution in [3.05, 3.63) is 42.5 Å². The van der Waals surface area contributed by atoms with Crippen LogP contribution in [-0.4, -0.2) is 80.1 Å². The number of hydrogen-bond acceptors (Lipinski definition) is 9. The van der Waals surface area contributed by atoms with E-state index < -0.39 is 32.1 Å². The summed E-state index contributed by atoms with van der Waals surface area (Å²) in [6.07, 6.45) is 4.15. The molecule has 216 valence electrons. The standard InChI is InChI=1S/C25H31F2N7O5S/c1-6-38-16(4)33-13-17(12-29-33)22-23(39-15(2)3)25-30-24(31-34(25)14-28-22)21-19(27)10-18(26)11-20(21)40(36,37)32(5)8-7-9-35/h10-16,35H,6-9H2,1-5H3. The molecule has 3 heterocycles. The van der Waals surface area contributed by atoms with E-state index in [0.29, 0.717) is 23.9 Å². The number of fused-ring (bicyclic) bond motifs is 1.